The zero-order valence-corrected chi connectivity index (χ0v) is 13.8. The summed E-state index contributed by atoms with van der Waals surface area (Å²) in [6.07, 6.45) is 2.11. The third-order valence-corrected chi connectivity index (χ3v) is 5.69. The minimum atomic E-state index is -0.992. The fourth-order valence-corrected chi connectivity index (χ4v) is 4.65. The summed E-state index contributed by atoms with van der Waals surface area (Å²) >= 11 is 1.56. The smallest absolute Gasteiger partial charge is 0.353 e. The molecule has 1 aliphatic heterocycles. The summed E-state index contributed by atoms with van der Waals surface area (Å²) in [6, 6.07) is 5.99. The average Bonchev–Trinajstić information content (AvgIpc) is 3.15. The summed E-state index contributed by atoms with van der Waals surface area (Å²) in [5, 5.41) is 15.1. The van der Waals surface area contributed by atoms with Gasteiger partial charge in [-0.1, -0.05) is 12.1 Å². The fraction of sp³-hybridized carbons (Fsp3) is 0.278. The first-order valence-corrected chi connectivity index (χ1v) is 8.86. The van der Waals surface area contributed by atoms with E-state index in [-0.39, 0.29) is 11.5 Å². The van der Waals surface area contributed by atoms with Crippen LogP contribution in [0.25, 0.3) is 21.3 Å². The number of carbonyl (C=O) groups is 1. The Kier molecular flexibility index (Phi) is 3.86. The molecule has 0 amide bonds. The Morgan fingerprint density at radius 1 is 1.21 bits per heavy atom. The molecule has 4 rings (SSSR count). The van der Waals surface area contributed by atoms with E-state index >= 15 is 0 Å². The number of hydrogen-bond acceptors (Lipinski definition) is 3. The molecular formula is C18H17FN2O2S. The van der Waals surface area contributed by atoms with Crippen molar-refractivity contribution in [1.82, 2.24) is 10.3 Å². The number of aromatic carboxylic acids is 1. The highest BCUT2D eigenvalue weighted by Crippen LogP contribution is 2.42. The molecule has 1 saturated heterocycles. The zero-order valence-electron chi connectivity index (χ0n) is 12.9. The van der Waals surface area contributed by atoms with Crippen molar-refractivity contribution in [3.05, 3.63) is 46.7 Å². The van der Waals surface area contributed by atoms with Crippen molar-refractivity contribution in [2.75, 3.05) is 13.1 Å². The third-order valence-electron chi connectivity index (χ3n) is 4.67. The lowest BCUT2D eigenvalue weighted by molar-refractivity contribution is 0.0692. The van der Waals surface area contributed by atoms with Gasteiger partial charge in [-0.05, 0) is 60.5 Å². The SMILES string of the molecule is O=C(O)c1[nH]c2c(C3CCNCC3)csc2c1-c1ccc(F)cc1. The molecule has 1 aliphatic rings. The standard InChI is InChI=1S/C18H17FN2O2S/c19-12-3-1-11(2-4-12)14-16(18(22)23)21-15-13(9-24-17(14)15)10-5-7-20-8-6-10/h1-4,9-10,20-21H,5-8H2,(H,22,23). The lowest BCUT2D eigenvalue weighted by Crippen LogP contribution is -2.26. The maximum absolute atomic E-state index is 13.2. The van der Waals surface area contributed by atoms with Gasteiger partial charge in [0.25, 0.3) is 0 Å². The molecule has 0 bridgehead atoms. The topological polar surface area (TPSA) is 65.1 Å². The average molecular weight is 344 g/mol. The number of aromatic amines is 1. The molecule has 3 heterocycles. The van der Waals surface area contributed by atoms with Gasteiger partial charge in [0.1, 0.15) is 11.5 Å². The summed E-state index contributed by atoms with van der Waals surface area (Å²) in [4.78, 5) is 14.8. The highest BCUT2D eigenvalue weighted by molar-refractivity contribution is 7.18. The third kappa shape index (κ3) is 2.52. The van der Waals surface area contributed by atoms with Crippen molar-refractivity contribution in [2.24, 2.45) is 0 Å². The van der Waals surface area contributed by atoms with Crippen LogP contribution in [0.3, 0.4) is 0 Å². The number of nitrogens with one attached hydrogen (secondary N) is 2. The molecule has 24 heavy (non-hydrogen) atoms. The first kappa shape index (κ1) is 15.4. The first-order chi connectivity index (χ1) is 11.6. The van der Waals surface area contributed by atoms with Gasteiger partial charge in [-0.3, -0.25) is 0 Å². The maximum atomic E-state index is 13.2. The van der Waals surface area contributed by atoms with E-state index in [4.69, 9.17) is 0 Å². The largest absolute Gasteiger partial charge is 0.477 e. The summed E-state index contributed by atoms with van der Waals surface area (Å²) in [5.41, 5.74) is 3.68. The van der Waals surface area contributed by atoms with Crippen LogP contribution in [0.5, 0.6) is 0 Å². The second-order valence-corrected chi connectivity index (χ2v) is 6.99. The van der Waals surface area contributed by atoms with E-state index in [1.54, 1.807) is 23.5 Å². The lowest BCUT2D eigenvalue weighted by atomic mass is 9.91. The van der Waals surface area contributed by atoms with Gasteiger partial charge in [0.05, 0.1) is 10.2 Å². The number of aromatic nitrogens is 1. The summed E-state index contributed by atoms with van der Waals surface area (Å²) in [6.45, 7) is 1.97. The van der Waals surface area contributed by atoms with Crippen LogP contribution in [0, 0.1) is 5.82 Å². The second-order valence-electron chi connectivity index (χ2n) is 6.11. The van der Waals surface area contributed by atoms with Gasteiger partial charge < -0.3 is 15.4 Å². The summed E-state index contributed by atoms with van der Waals surface area (Å²) in [7, 11) is 0. The molecule has 0 saturated carbocycles. The van der Waals surface area contributed by atoms with Crippen LogP contribution in [0.1, 0.15) is 34.8 Å². The Hall–Kier alpha value is -2.18. The number of H-pyrrole nitrogens is 1. The second kappa shape index (κ2) is 6.03. The molecule has 0 atom stereocenters. The van der Waals surface area contributed by atoms with Crippen molar-refractivity contribution in [3.8, 4) is 11.1 Å². The number of rotatable bonds is 3. The van der Waals surface area contributed by atoms with Crippen LogP contribution >= 0.6 is 11.3 Å². The van der Waals surface area contributed by atoms with Crippen molar-refractivity contribution in [1.29, 1.82) is 0 Å². The maximum Gasteiger partial charge on any atom is 0.353 e. The number of benzene rings is 1. The van der Waals surface area contributed by atoms with Gasteiger partial charge in [-0.2, -0.15) is 0 Å². The molecular weight excluding hydrogens is 327 g/mol. The minimum absolute atomic E-state index is 0.179. The summed E-state index contributed by atoms with van der Waals surface area (Å²) in [5.74, 6) is -0.876. The number of thiophene rings is 1. The quantitative estimate of drug-likeness (QED) is 0.667. The van der Waals surface area contributed by atoms with E-state index < -0.39 is 5.97 Å². The molecule has 1 aromatic carbocycles. The highest BCUT2D eigenvalue weighted by atomic mass is 32.1. The zero-order chi connectivity index (χ0) is 16.7. The molecule has 2 aromatic heterocycles. The predicted molar refractivity (Wildman–Crippen MR) is 93.4 cm³/mol. The van der Waals surface area contributed by atoms with Crippen LogP contribution in [0.15, 0.2) is 29.6 Å². The van der Waals surface area contributed by atoms with Crippen molar-refractivity contribution < 1.29 is 14.3 Å². The van der Waals surface area contributed by atoms with Crippen LogP contribution < -0.4 is 5.32 Å². The molecule has 0 aliphatic carbocycles. The molecule has 1 fully saturated rings. The van der Waals surface area contributed by atoms with Crippen LogP contribution in [0.2, 0.25) is 0 Å². The number of fused-ring (bicyclic) bond motifs is 1. The molecule has 0 unspecified atom stereocenters. The minimum Gasteiger partial charge on any atom is -0.477 e. The number of piperidine rings is 1. The number of hydrogen-bond donors (Lipinski definition) is 3. The molecule has 3 aromatic rings. The highest BCUT2D eigenvalue weighted by Gasteiger charge is 2.25. The van der Waals surface area contributed by atoms with E-state index in [1.807, 2.05) is 0 Å². The van der Waals surface area contributed by atoms with Crippen molar-refractivity contribution >= 4 is 27.5 Å². The van der Waals surface area contributed by atoms with E-state index in [0.717, 1.165) is 41.7 Å². The van der Waals surface area contributed by atoms with Gasteiger partial charge in [0, 0.05) is 5.56 Å². The number of carboxylic acid groups (broad SMARTS) is 1. The van der Waals surface area contributed by atoms with Crippen LogP contribution in [-0.2, 0) is 0 Å². The molecule has 3 N–H and O–H groups in total. The number of halogens is 1. The number of carboxylic acids is 1. The Morgan fingerprint density at radius 2 is 1.92 bits per heavy atom. The van der Waals surface area contributed by atoms with Gasteiger partial charge in [0.2, 0.25) is 0 Å². The Labute approximate surface area is 142 Å². The molecule has 0 radical (unpaired) electrons. The Balaban J connectivity index is 1.88. The molecule has 6 heteroatoms. The van der Waals surface area contributed by atoms with Gasteiger partial charge >= 0.3 is 5.97 Å². The van der Waals surface area contributed by atoms with Gasteiger partial charge in [-0.15, -0.1) is 11.3 Å². The van der Waals surface area contributed by atoms with Crippen LogP contribution in [-0.4, -0.2) is 29.1 Å². The first-order valence-electron chi connectivity index (χ1n) is 7.98. The van der Waals surface area contributed by atoms with Crippen LogP contribution in [0.4, 0.5) is 4.39 Å². The normalized spacial score (nSPS) is 15.9. The van der Waals surface area contributed by atoms with Gasteiger partial charge in [0.15, 0.2) is 0 Å². The molecule has 4 nitrogen and oxygen atoms in total. The van der Waals surface area contributed by atoms with E-state index in [0.29, 0.717) is 11.5 Å². The fourth-order valence-electron chi connectivity index (χ4n) is 3.47. The van der Waals surface area contributed by atoms with Gasteiger partial charge in [-0.25, -0.2) is 9.18 Å². The van der Waals surface area contributed by atoms with E-state index in [2.05, 4.69) is 15.7 Å². The van der Waals surface area contributed by atoms with E-state index in [1.165, 1.54) is 17.7 Å². The van der Waals surface area contributed by atoms with E-state index in [9.17, 15) is 14.3 Å². The van der Waals surface area contributed by atoms with Crippen molar-refractivity contribution in [3.63, 3.8) is 0 Å². The Morgan fingerprint density at radius 3 is 2.58 bits per heavy atom. The monoisotopic (exact) mass is 344 g/mol. The Bertz CT molecular complexity index is 892. The van der Waals surface area contributed by atoms with Crippen molar-refractivity contribution in [2.45, 2.75) is 18.8 Å². The molecule has 124 valence electrons. The molecule has 0 spiro atoms. The summed E-state index contributed by atoms with van der Waals surface area (Å²) < 4.78 is 14.2. The lowest BCUT2D eigenvalue weighted by Gasteiger charge is -2.21. The predicted octanol–water partition coefficient (Wildman–Crippen LogP) is 4.20.